The molecule has 0 saturated heterocycles. The average molecular weight is 292 g/mol. The molecule has 0 spiro atoms. The maximum absolute atomic E-state index is 10.6. The first-order chi connectivity index (χ1) is 9.95. The van der Waals surface area contributed by atoms with Crippen molar-refractivity contribution in [3.05, 3.63) is 34.9 Å². The predicted octanol–water partition coefficient (Wildman–Crippen LogP) is 5.75. The monoisotopic (exact) mass is 292 g/mol. The minimum atomic E-state index is -0.202. The number of hydrogen-bond acceptors (Lipinski definition) is 2. The summed E-state index contributed by atoms with van der Waals surface area (Å²) in [5, 5.41) is 0. The number of carbonyl (C=O) groups is 1. The van der Waals surface area contributed by atoms with E-state index in [4.69, 9.17) is 4.74 Å². The summed E-state index contributed by atoms with van der Waals surface area (Å²) in [6.07, 6.45) is 13.3. The van der Waals surface area contributed by atoms with Crippen molar-refractivity contribution in [3.8, 4) is 0 Å². The van der Waals surface area contributed by atoms with Crippen molar-refractivity contribution in [2.45, 2.75) is 73.1 Å². The Balaban J connectivity index is 3.86. The highest BCUT2D eigenvalue weighted by Crippen LogP contribution is 2.12. The molecule has 0 unspecified atom stereocenters. The van der Waals surface area contributed by atoms with E-state index in [0.29, 0.717) is 6.61 Å². The first kappa shape index (κ1) is 19.7. The van der Waals surface area contributed by atoms with Gasteiger partial charge in [0.2, 0.25) is 0 Å². The molecule has 120 valence electrons. The van der Waals surface area contributed by atoms with Crippen LogP contribution in [0.25, 0.3) is 0 Å². The molecule has 0 radical (unpaired) electrons. The molecule has 2 nitrogen and oxygen atoms in total. The van der Waals surface area contributed by atoms with Crippen molar-refractivity contribution in [1.29, 1.82) is 0 Å². The Bertz CT molecular complexity index is 386. The maximum Gasteiger partial charge on any atom is 0.302 e. The van der Waals surface area contributed by atoms with Gasteiger partial charge in [0, 0.05) is 6.92 Å². The van der Waals surface area contributed by atoms with Crippen LogP contribution in [0.3, 0.4) is 0 Å². The van der Waals surface area contributed by atoms with Crippen molar-refractivity contribution in [2.75, 3.05) is 6.61 Å². The number of esters is 1. The second kappa shape index (κ2) is 12.4. The SMILES string of the molecule is CCC(C)=CCCC(C)=CCCC(C)=CCCOC(C)=O. The molecule has 0 bridgehead atoms. The third-order valence-electron chi connectivity index (χ3n) is 3.54. The number of rotatable bonds is 10. The lowest BCUT2D eigenvalue weighted by molar-refractivity contribution is -0.140. The highest BCUT2D eigenvalue weighted by molar-refractivity contribution is 5.65. The molecular formula is C19H32O2. The molecule has 2 heteroatoms. The molecular weight excluding hydrogens is 260 g/mol. The normalized spacial score (nSPS) is 13.5. The zero-order chi connectivity index (χ0) is 16.1. The van der Waals surface area contributed by atoms with Gasteiger partial charge in [0.15, 0.2) is 0 Å². The van der Waals surface area contributed by atoms with Gasteiger partial charge in [-0.2, -0.15) is 0 Å². The van der Waals surface area contributed by atoms with Crippen LogP contribution in [0.4, 0.5) is 0 Å². The average Bonchev–Trinajstić information content (AvgIpc) is 2.43. The zero-order valence-electron chi connectivity index (χ0n) is 14.5. The highest BCUT2D eigenvalue weighted by atomic mass is 16.5. The summed E-state index contributed by atoms with van der Waals surface area (Å²) in [4.78, 5) is 10.6. The van der Waals surface area contributed by atoms with Crippen molar-refractivity contribution in [1.82, 2.24) is 0 Å². The predicted molar refractivity (Wildman–Crippen MR) is 91.3 cm³/mol. The third-order valence-corrected chi connectivity index (χ3v) is 3.54. The fourth-order valence-electron chi connectivity index (χ4n) is 1.95. The lowest BCUT2D eigenvalue weighted by Gasteiger charge is -2.02. The molecule has 0 N–H and O–H groups in total. The van der Waals surface area contributed by atoms with E-state index in [9.17, 15) is 4.79 Å². The Hall–Kier alpha value is -1.31. The lowest BCUT2D eigenvalue weighted by atomic mass is 10.1. The summed E-state index contributed by atoms with van der Waals surface area (Å²) in [6, 6.07) is 0. The van der Waals surface area contributed by atoms with E-state index in [2.05, 4.69) is 45.9 Å². The molecule has 0 amide bonds. The van der Waals surface area contributed by atoms with E-state index in [0.717, 1.165) is 38.5 Å². The van der Waals surface area contributed by atoms with Crippen LogP contribution in [0.5, 0.6) is 0 Å². The zero-order valence-corrected chi connectivity index (χ0v) is 14.5. The van der Waals surface area contributed by atoms with Gasteiger partial charge in [-0.25, -0.2) is 0 Å². The molecule has 0 aromatic carbocycles. The molecule has 0 heterocycles. The van der Waals surface area contributed by atoms with Gasteiger partial charge >= 0.3 is 5.97 Å². The molecule has 0 aromatic rings. The topological polar surface area (TPSA) is 26.3 Å². The van der Waals surface area contributed by atoms with Gasteiger partial charge in [-0.15, -0.1) is 0 Å². The van der Waals surface area contributed by atoms with Crippen molar-refractivity contribution in [3.63, 3.8) is 0 Å². The lowest BCUT2D eigenvalue weighted by Crippen LogP contribution is -1.99. The van der Waals surface area contributed by atoms with Crippen molar-refractivity contribution < 1.29 is 9.53 Å². The van der Waals surface area contributed by atoms with Crippen molar-refractivity contribution >= 4 is 5.97 Å². The summed E-state index contributed by atoms with van der Waals surface area (Å²) in [7, 11) is 0. The molecule has 0 aliphatic heterocycles. The number of carbonyl (C=O) groups excluding carboxylic acids is 1. The van der Waals surface area contributed by atoms with Gasteiger partial charge in [-0.1, -0.05) is 41.9 Å². The standard InChI is InChI=1S/C19H32O2/c1-6-16(2)10-7-11-17(3)12-8-13-18(4)14-9-15-21-19(5)20/h10,12,14H,6-9,11,13,15H2,1-5H3. The number of ether oxygens (including phenoxy) is 1. The summed E-state index contributed by atoms with van der Waals surface area (Å²) >= 11 is 0. The van der Waals surface area contributed by atoms with E-state index < -0.39 is 0 Å². The minimum absolute atomic E-state index is 0.202. The minimum Gasteiger partial charge on any atom is -0.466 e. The van der Waals surface area contributed by atoms with Gasteiger partial charge in [-0.05, 0) is 59.3 Å². The molecule has 0 atom stereocenters. The van der Waals surface area contributed by atoms with Crippen LogP contribution in [0.1, 0.15) is 73.1 Å². The Labute approximate surface area is 131 Å². The summed E-state index contributed by atoms with van der Waals surface area (Å²) in [6.45, 7) is 10.7. The van der Waals surface area contributed by atoms with Crippen LogP contribution in [0.2, 0.25) is 0 Å². The Morgan fingerprint density at radius 1 is 0.810 bits per heavy atom. The van der Waals surface area contributed by atoms with Gasteiger partial charge in [0.25, 0.3) is 0 Å². The van der Waals surface area contributed by atoms with Gasteiger partial charge in [-0.3, -0.25) is 4.79 Å². The van der Waals surface area contributed by atoms with E-state index in [-0.39, 0.29) is 5.97 Å². The second-order valence-corrected chi connectivity index (χ2v) is 5.71. The maximum atomic E-state index is 10.6. The molecule has 21 heavy (non-hydrogen) atoms. The van der Waals surface area contributed by atoms with Gasteiger partial charge < -0.3 is 4.74 Å². The van der Waals surface area contributed by atoms with E-state index in [1.54, 1.807) is 0 Å². The fraction of sp³-hybridized carbons (Fsp3) is 0.632. The fourth-order valence-corrected chi connectivity index (χ4v) is 1.95. The summed E-state index contributed by atoms with van der Waals surface area (Å²) in [5.41, 5.74) is 4.32. The second-order valence-electron chi connectivity index (χ2n) is 5.71. The molecule has 0 fully saturated rings. The molecule has 0 aliphatic rings. The van der Waals surface area contributed by atoms with E-state index in [1.165, 1.54) is 23.6 Å². The van der Waals surface area contributed by atoms with Gasteiger partial charge in [0.1, 0.15) is 0 Å². The van der Waals surface area contributed by atoms with E-state index in [1.807, 2.05) is 0 Å². The quantitative estimate of drug-likeness (QED) is 0.291. The highest BCUT2D eigenvalue weighted by Gasteiger charge is 1.94. The molecule has 0 saturated carbocycles. The Morgan fingerprint density at radius 3 is 1.76 bits per heavy atom. The van der Waals surface area contributed by atoms with Crippen LogP contribution in [-0.2, 0) is 9.53 Å². The largest absolute Gasteiger partial charge is 0.466 e. The van der Waals surface area contributed by atoms with Crippen molar-refractivity contribution in [2.24, 2.45) is 0 Å². The van der Waals surface area contributed by atoms with Crippen LogP contribution in [0, 0.1) is 0 Å². The van der Waals surface area contributed by atoms with Crippen LogP contribution in [0.15, 0.2) is 34.9 Å². The van der Waals surface area contributed by atoms with Crippen LogP contribution < -0.4 is 0 Å². The number of allylic oxidation sites excluding steroid dienone is 5. The van der Waals surface area contributed by atoms with Crippen LogP contribution >= 0.6 is 0 Å². The molecule has 0 aromatic heterocycles. The van der Waals surface area contributed by atoms with E-state index >= 15 is 0 Å². The number of hydrogen-bond donors (Lipinski definition) is 0. The Morgan fingerprint density at radius 2 is 1.29 bits per heavy atom. The van der Waals surface area contributed by atoms with Gasteiger partial charge in [0.05, 0.1) is 6.61 Å². The first-order valence-electron chi connectivity index (χ1n) is 8.06. The molecule has 0 aliphatic carbocycles. The smallest absolute Gasteiger partial charge is 0.302 e. The van der Waals surface area contributed by atoms with Crippen LogP contribution in [-0.4, -0.2) is 12.6 Å². The summed E-state index contributed by atoms with van der Waals surface area (Å²) < 4.78 is 4.91. The third kappa shape index (κ3) is 13.4. The Kier molecular flexibility index (Phi) is 11.7. The summed E-state index contributed by atoms with van der Waals surface area (Å²) in [5.74, 6) is -0.202. The molecule has 0 rings (SSSR count). The first-order valence-corrected chi connectivity index (χ1v) is 8.06.